The van der Waals surface area contributed by atoms with Gasteiger partial charge in [-0.25, -0.2) is 18.7 Å². The number of aromatic nitrogens is 6. The Labute approximate surface area is 211 Å². The summed E-state index contributed by atoms with van der Waals surface area (Å²) >= 11 is 0. The molecular weight excluding hydrogens is 476 g/mol. The third-order valence-corrected chi connectivity index (χ3v) is 7.01. The number of hydrogen-bond donors (Lipinski definition) is 0. The monoisotopic (exact) mass is 501 g/mol. The van der Waals surface area contributed by atoms with Gasteiger partial charge in [-0.05, 0) is 49.1 Å². The highest BCUT2D eigenvalue weighted by Crippen LogP contribution is 2.42. The van der Waals surface area contributed by atoms with Gasteiger partial charge in [0.25, 0.3) is 12.0 Å². The van der Waals surface area contributed by atoms with Gasteiger partial charge < -0.3 is 9.47 Å². The summed E-state index contributed by atoms with van der Waals surface area (Å²) in [5.74, 6) is 1.21. The van der Waals surface area contributed by atoms with E-state index < -0.39 is 6.43 Å². The SMILES string of the molecule is Cc1cc2c(N3CCCc4cc(-c5cnn(C)c5)c(C(F)F)cc43)nc(-n3ccnc3)cc2n(C)c1=O. The standard InChI is InChI=1S/C27H25F2N7O/c1-16-9-21-23(34(3)27(16)37)12-24(35-8-6-30-15-35)32-26(21)36-7-4-5-17-10-19(18-13-31-33(2)14-18)20(25(28)29)11-22(17)36/h6,8-15,25H,4-5,7H2,1-3H3. The first-order valence-electron chi connectivity index (χ1n) is 12.0. The highest BCUT2D eigenvalue weighted by Gasteiger charge is 2.27. The van der Waals surface area contributed by atoms with Crippen LogP contribution in [0, 0.1) is 6.92 Å². The van der Waals surface area contributed by atoms with Crippen LogP contribution in [0.25, 0.3) is 27.8 Å². The number of anilines is 2. The average molecular weight is 502 g/mol. The van der Waals surface area contributed by atoms with Crippen molar-refractivity contribution in [1.82, 2.24) is 28.9 Å². The predicted molar refractivity (Wildman–Crippen MR) is 138 cm³/mol. The van der Waals surface area contributed by atoms with Crippen molar-refractivity contribution in [1.29, 1.82) is 0 Å². The topological polar surface area (TPSA) is 73.8 Å². The van der Waals surface area contributed by atoms with Crippen LogP contribution in [0.4, 0.5) is 20.3 Å². The molecule has 37 heavy (non-hydrogen) atoms. The van der Waals surface area contributed by atoms with Crippen LogP contribution in [0.15, 0.2) is 60.2 Å². The third kappa shape index (κ3) is 3.80. The van der Waals surface area contributed by atoms with Crippen LogP contribution in [0.2, 0.25) is 0 Å². The Hall–Kier alpha value is -4.34. The molecule has 0 amide bonds. The van der Waals surface area contributed by atoms with E-state index in [4.69, 9.17) is 4.98 Å². The van der Waals surface area contributed by atoms with Gasteiger partial charge in [-0.3, -0.25) is 14.0 Å². The number of rotatable bonds is 4. The van der Waals surface area contributed by atoms with Crippen LogP contribution < -0.4 is 10.5 Å². The Morgan fingerprint density at radius 1 is 1.11 bits per heavy atom. The molecule has 1 aliphatic rings. The molecule has 0 spiro atoms. The van der Waals surface area contributed by atoms with E-state index in [0.717, 1.165) is 23.8 Å². The molecule has 0 N–H and O–H groups in total. The molecule has 1 aromatic carbocycles. The quantitative estimate of drug-likeness (QED) is 0.352. The van der Waals surface area contributed by atoms with Gasteiger partial charge in [-0.15, -0.1) is 0 Å². The van der Waals surface area contributed by atoms with E-state index in [0.29, 0.717) is 46.1 Å². The van der Waals surface area contributed by atoms with Crippen molar-refractivity contribution in [2.45, 2.75) is 26.2 Å². The summed E-state index contributed by atoms with van der Waals surface area (Å²) in [6.07, 6.45) is 7.38. The van der Waals surface area contributed by atoms with Gasteiger partial charge in [-0.1, -0.05) is 0 Å². The summed E-state index contributed by atoms with van der Waals surface area (Å²) in [6, 6.07) is 7.14. The fraction of sp³-hybridized carbons (Fsp3) is 0.259. The number of fused-ring (bicyclic) bond motifs is 2. The van der Waals surface area contributed by atoms with E-state index in [9.17, 15) is 13.6 Å². The molecule has 6 rings (SSSR count). The Balaban J connectivity index is 1.61. The number of pyridine rings is 2. The van der Waals surface area contributed by atoms with Gasteiger partial charge in [0.05, 0.1) is 11.7 Å². The van der Waals surface area contributed by atoms with E-state index in [1.165, 1.54) is 0 Å². The number of benzene rings is 1. The molecule has 188 valence electrons. The minimum Gasteiger partial charge on any atom is -0.325 e. The molecule has 10 heteroatoms. The zero-order chi connectivity index (χ0) is 25.8. The number of hydrogen-bond acceptors (Lipinski definition) is 5. The fourth-order valence-corrected chi connectivity index (χ4v) is 5.18. The first-order valence-corrected chi connectivity index (χ1v) is 12.0. The maximum Gasteiger partial charge on any atom is 0.264 e. The summed E-state index contributed by atoms with van der Waals surface area (Å²) in [5.41, 5.74) is 3.99. The molecule has 0 fully saturated rings. The lowest BCUT2D eigenvalue weighted by atomic mass is 9.93. The van der Waals surface area contributed by atoms with Gasteiger partial charge in [0, 0.05) is 73.1 Å². The number of imidazole rings is 1. The lowest BCUT2D eigenvalue weighted by Gasteiger charge is -2.33. The molecule has 1 aliphatic heterocycles. The lowest BCUT2D eigenvalue weighted by molar-refractivity contribution is 0.152. The van der Waals surface area contributed by atoms with Crippen molar-refractivity contribution in [3.05, 3.63) is 82.4 Å². The molecule has 0 unspecified atom stereocenters. The molecule has 0 radical (unpaired) electrons. The lowest BCUT2D eigenvalue weighted by Crippen LogP contribution is -2.27. The molecule has 5 aromatic rings. The van der Waals surface area contributed by atoms with E-state index in [1.807, 2.05) is 23.1 Å². The van der Waals surface area contributed by atoms with Crippen LogP contribution >= 0.6 is 0 Å². The highest BCUT2D eigenvalue weighted by atomic mass is 19.3. The summed E-state index contributed by atoms with van der Waals surface area (Å²) in [7, 11) is 3.50. The first-order chi connectivity index (χ1) is 17.8. The summed E-state index contributed by atoms with van der Waals surface area (Å²) in [5, 5.41) is 4.96. The van der Waals surface area contributed by atoms with E-state index >= 15 is 0 Å². The van der Waals surface area contributed by atoms with Crippen molar-refractivity contribution in [3.63, 3.8) is 0 Å². The highest BCUT2D eigenvalue weighted by molar-refractivity contribution is 5.94. The Kier molecular flexibility index (Phi) is 5.40. The van der Waals surface area contributed by atoms with Crippen molar-refractivity contribution in [2.24, 2.45) is 14.1 Å². The van der Waals surface area contributed by atoms with Crippen LogP contribution in [-0.4, -0.2) is 35.4 Å². The predicted octanol–water partition coefficient (Wildman–Crippen LogP) is 4.85. The fourth-order valence-electron chi connectivity index (χ4n) is 5.18. The summed E-state index contributed by atoms with van der Waals surface area (Å²) < 4.78 is 33.7. The zero-order valence-electron chi connectivity index (χ0n) is 20.7. The van der Waals surface area contributed by atoms with Gasteiger partial charge in [0.1, 0.15) is 18.0 Å². The third-order valence-electron chi connectivity index (χ3n) is 7.01. The van der Waals surface area contributed by atoms with Crippen LogP contribution in [-0.2, 0) is 20.5 Å². The number of alkyl halides is 2. The molecule has 0 saturated carbocycles. The van der Waals surface area contributed by atoms with Gasteiger partial charge >= 0.3 is 0 Å². The Morgan fingerprint density at radius 2 is 1.95 bits per heavy atom. The van der Waals surface area contributed by atoms with Crippen molar-refractivity contribution >= 4 is 22.4 Å². The van der Waals surface area contributed by atoms with E-state index in [2.05, 4.69) is 10.1 Å². The molecule has 0 aliphatic carbocycles. The molecule has 0 bridgehead atoms. The maximum absolute atomic E-state index is 14.4. The second-order valence-electron chi connectivity index (χ2n) is 9.43. The summed E-state index contributed by atoms with van der Waals surface area (Å²) in [4.78, 5) is 23.9. The molecule has 8 nitrogen and oxygen atoms in total. The smallest absolute Gasteiger partial charge is 0.264 e. The van der Waals surface area contributed by atoms with Crippen molar-refractivity contribution in [3.8, 4) is 16.9 Å². The average Bonchev–Trinajstić information content (AvgIpc) is 3.58. The van der Waals surface area contributed by atoms with Gasteiger partial charge in [0.2, 0.25) is 0 Å². The van der Waals surface area contributed by atoms with E-state index in [1.54, 1.807) is 72.0 Å². The normalized spacial score (nSPS) is 13.5. The molecule has 0 atom stereocenters. The Morgan fingerprint density at radius 3 is 2.65 bits per heavy atom. The zero-order valence-corrected chi connectivity index (χ0v) is 20.7. The molecule has 5 heterocycles. The van der Waals surface area contributed by atoms with Crippen LogP contribution in [0.1, 0.15) is 29.5 Å². The minimum atomic E-state index is -2.66. The number of halogens is 2. The van der Waals surface area contributed by atoms with Crippen LogP contribution in [0.5, 0.6) is 0 Å². The van der Waals surface area contributed by atoms with Gasteiger partial charge in [0.15, 0.2) is 0 Å². The minimum absolute atomic E-state index is 0.0442. The van der Waals surface area contributed by atoms with Crippen molar-refractivity contribution in [2.75, 3.05) is 11.4 Å². The molecule has 0 saturated heterocycles. The molecular formula is C27H25F2N7O. The maximum atomic E-state index is 14.4. The van der Waals surface area contributed by atoms with Crippen LogP contribution in [0.3, 0.4) is 0 Å². The number of nitrogens with zero attached hydrogens (tertiary/aromatic N) is 7. The van der Waals surface area contributed by atoms with Gasteiger partial charge in [-0.2, -0.15) is 5.10 Å². The van der Waals surface area contributed by atoms with E-state index in [-0.39, 0.29) is 11.1 Å². The van der Waals surface area contributed by atoms with Crippen molar-refractivity contribution < 1.29 is 8.78 Å². The number of aryl methyl sites for hydroxylation is 4. The summed E-state index contributed by atoms with van der Waals surface area (Å²) in [6.45, 7) is 2.38. The Bertz CT molecular complexity index is 1700. The first kappa shape index (κ1) is 23.1. The second kappa shape index (κ2) is 8.65. The molecule has 4 aromatic heterocycles. The second-order valence-corrected chi connectivity index (χ2v) is 9.43. The largest absolute Gasteiger partial charge is 0.325 e.